The van der Waals surface area contributed by atoms with Crippen molar-refractivity contribution in [3.8, 4) is 0 Å². The minimum Gasteiger partial charge on any atom is -0.330 e. The normalized spacial score (nSPS) is 18.6. The molecule has 1 fully saturated rings. The van der Waals surface area contributed by atoms with Crippen LogP contribution in [0.1, 0.15) is 30.5 Å². The van der Waals surface area contributed by atoms with E-state index in [2.05, 4.69) is 18.0 Å². The fraction of sp³-hybridized carbons (Fsp3) is 0.545. The van der Waals surface area contributed by atoms with Gasteiger partial charge in [0.05, 0.1) is 0 Å². The van der Waals surface area contributed by atoms with Crippen LogP contribution in [0, 0.1) is 6.92 Å². The molecule has 0 bridgehead atoms. The lowest BCUT2D eigenvalue weighted by molar-refractivity contribution is 0.622. The third kappa shape index (κ3) is 1.46. The van der Waals surface area contributed by atoms with Crippen molar-refractivity contribution in [3.63, 3.8) is 0 Å². The first-order valence-corrected chi connectivity index (χ1v) is 4.91. The van der Waals surface area contributed by atoms with Crippen LogP contribution in [0.3, 0.4) is 0 Å². The molecule has 1 aromatic heterocycles. The highest BCUT2D eigenvalue weighted by Crippen LogP contribution is 2.51. The molecule has 70 valence electrons. The summed E-state index contributed by atoms with van der Waals surface area (Å²) in [6, 6.07) is 4.23. The standard InChI is InChI=1S/C11H16N2/c1-9-10(3-2-8-13-9)11(4-5-11)6-7-12/h2-3,8H,4-7,12H2,1H3. The van der Waals surface area contributed by atoms with E-state index in [0.717, 1.165) is 13.0 Å². The molecule has 1 aliphatic rings. The average molecular weight is 176 g/mol. The Morgan fingerprint density at radius 2 is 2.31 bits per heavy atom. The van der Waals surface area contributed by atoms with Gasteiger partial charge < -0.3 is 5.73 Å². The van der Waals surface area contributed by atoms with E-state index in [-0.39, 0.29) is 0 Å². The zero-order chi connectivity index (χ0) is 9.31. The van der Waals surface area contributed by atoms with E-state index in [9.17, 15) is 0 Å². The average Bonchev–Trinajstić information content (AvgIpc) is 2.87. The second-order valence-corrected chi connectivity index (χ2v) is 3.96. The van der Waals surface area contributed by atoms with E-state index < -0.39 is 0 Å². The Kier molecular flexibility index (Phi) is 2.08. The molecule has 1 heterocycles. The monoisotopic (exact) mass is 176 g/mol. The predicted octanol–water partition coefficient (Wildman–Crippen LogP) is 1.77. The number of hydrogen-bond donors (Lipinski definition) is 1. The number of rotatable bonds is 3. The SMILES string of the molecule is Cc1ncccc1C1(CCN)CC1. The highest BCUT2D eigenvalue weighted by atomic mass is 14.7. The second-order valence-electron chi connectivity index (χ2n) is 3.96. The molecule has 2 N–H and O–H groups in total. The fourth-order valence-electron chi connectivity index (χ4n) is 2.13. The summed E-state index contributed by atoms with van der Waals surface area (Å²) in [7, 11) is 0. The van der Waals surface area contributed by atoms with Crippen molar-refractivity contribution in [2.75, 3.05) is 6.54 Å². The third-order valence-electron chi connectivity index (χ3n) is 3.05. The largest absolute Gasteiger partial charge is 0.330 e. The van der Waals surface area contributed by atoms with Crippen molar-refractivity contribution in [2.45, 2.75) is 31.6 Å². The highest BCUT2D eigenvalue weighted by Gasteiger charge is 2.44. The van der Waals surface area contributed by atoms with Crippen LogP contribution in [-0.2, 0) is 5.41 Å². The molecule has 0 aliphatic heterocycles. The Labute approximate surface area is 79.2 Å². The van der Waals surface area contributed by atoms with Crippen LogP contribution < -0.4 is 5.73 Å². The lowest BCUT2D eigenvalue weighted by Gasteiger charge is -2.15. The molecule has 1 aromatic rings. The quantitative estimate of drug-likeness (QED) is 0.762. The molecule has 0 aromatic carbocycles. The molecule has 0 unspecified atom stereocenters. The van der Waals surface area contributed by atoms with Crippen LogP contribution in [0.5, 0.6) is 0 Å². The second kappa shape index (κ2) is 3.11. The first kappa shape index (κ1) is 8.70. The van der Waals surface area contributed by atoms with Gasteiger partial charge in [-0.25, -0.2) is 0 Å². The van der Waals surface area contributed by atoms with Crippen molar-refractivity contribution >= 4 is 0 Å². The zero-order valence-electron chi connectivity index (χ0n) is 8.09. The number of nitrogens with two attached hydrogens (primary N) is 1. The molecule has 1 aliphatic carbocycles. The van der Waals surface area contributed by atoms with Crippen molar-refractivity contribution in [1.82, 2.24) is 4.98 Å². The van der Waals surface area contributed by atoms with Gasteiger partial charge >= 0.3 is 0 Å². The van der Waals surface area contributed by atoms with Gasteiger partial charge in [-0.15, -0.1) is 0 Å². The van der Waals surface area contributed by atoms with E-state index in [1.165, 1.54) is 24.1 Å². The summed E-state index contributed by atoms with van der Waals surface area (Å²) in [5.41, 5.74) is 8.61. The van der Waals surface area contributed by atoms with Gasteiger partial charge in [0.2, 0.25) is 0 Å². The van der Waals surface area contributed by atoms with Crippen molar-refractivity contribution in [2.24, 2.45) is 5.73 Å². The lowest BCUT2D eigenvalue weighted by Crippen LogP contribution is -2.15. The van der Waals surface area contributed by atoms with Gasteiger partial charge in [-0.3, -0.25) is 4.98 Å². The maximum absolute atomic E-state index is 5.62. The van der Waals surface area contributed by atoms with Crippen molar-refractivity contribution < 1.29 is 0 Å². The Hall–Kier alpha value is -0.890. The summed E-state index contributed by atoms with van der Waals surface area (Å²) in [5.74, 6) is 0. The Bertz CT molecular complexity index is 303. The molecule has 0 radical (unpaired) electrons. The van der Waals surface area contributed by atoms with Crippen LogP contribution in [0.25, 0.3) is 0 Å². The van der Waals surface area contributed by atoms with Gasteiger partial charge in [0, 0.05) is 11.9 Å². The molecular formula is C11H16N2. The zero-order valence-corrected chi connectivity index (χ0v) is 8.09. The minimum absolute atomic E-state index is 0.396. The van der Waals surface area contributed by atoms with Crippen molar-refractivity contribution in [3.05, 3.63) is 29.6 Å². The van der Waals surface area contributed by atoms with E-state index in [1.807, 2.05) is 12.3 Å². The number of pyridine rings is 1. The third-order valence-corrected chi connectivity index (χ3v) is 3.05. The van der Waals surface area contributed by atoms with Gasteiger partial charge in [0.15, 0.2) is 0 Å². The van der Waals surface area contributed by atoms with Crippen LogP contribution in [-0.4, -0.2) is 11.5 Å². The Morgan fingerprint density at radius 1 is 1.54 bits per heavy atom. The molecule has 0 saturated heterocycles. The Balaban J connectivity index is 2.30. The summed E-state index contributed by atoms with van der Waals surface area (Å²) in [6.45, 7) is 2.88. The highest BCUT2D eigenvalue weighted by molar-refractivity contribution is 5.33. The van der Waals surface area contributed by atoms with Crippen LogP contribution in [0.2, 0.25) is 0 Å². The van der Waals surface area contributed by atoms with E-state index in [4.69, 9.17) is 5.73 Å². The number of aryl methyl sites for hydroxylation is 1. The van der Waals surface area contributed by atoms with E-state index in [0.29, 0.717) is 5.41 Å². The summed E-state index contributed by atoms with van der Waals surface area (Å²) >= 11 is 0. The summed E-state index contributed by atoms with van der Waals surface area (Å²) < 4.78 is 0. The first-order valence-electron chi connectivity index (χ1n) is 4.91. The van der Waals surface area contributed by atoms with Gasteiger partial charge in [0.25, 0.3) is 0 Å². The predicted molar refractivity (Wildman–Crippen MR) is 53.6 cm³/mol. The van der Waals surface area contributed by atoms with Crippen LogP contribution in [0.15, 0.2) is 18.3 Å². The molecule has 0 amide bonds. The van der Waals surface area contributed by atoms with Crippen LogP contribution in [0.4, 0.5) is 0 Å². The molecular weight excluding hydrogens is 160 g/mol. The maximum Gasteiger partial charge on any atom is 0.0410 e. The number of aromatic nitrogens is 1. The smallest absolute Gasteiger partial charge is 0.0410 e. The molecule has 1 saturated carbocycles. The summed E-state index contributed by atoms with van der Waals surface area (Å²) in [6.07, 6.45) is 5.55. The lowest BCUT2D eigenvalue weighted by atomic mass is 9.91. The van der Waals surface area contributed by atoms with E-state index >= 15 is 0 Å². The molecule has 0 atom stereocenters. The molecule has 2 heteroatoms. The number of hydrogen-bond acceptors (Lipinski definition) is 2. The van der Waals surface area contributed by atoms with E-state index in [1.54, 1.807) is 0 Å². The summed E-state index contributed by atoms with van der Waals surface area (Å²) in [4.78, 5) is 4.33. The van der Waals surface area contributed by atoms with Crippen molar-refractivity contribution in [1.29, 1.82) is 0 Å². The summed E-state index contributed by atoms with van der Waals surface area (Å²) in [5, 5.41) is 0. The first-order chi connectivity index (χ1) is 6.28. The molecule has 13 heavy (non-hydrogen) atoms. The molecule has 2 rings (SSSR count). The van der Waals surface area contributed by atoms with Crippen LogP contribution >= 0.6 is 0 Å². The molecule has 0 spiro atoms. The number of nitrogens with zero attached hydrogens (tertiary/aromatic N) is 1. The van der Waals surface area contributed by atoms with Gasteiger partial charge in [0.1, 0.15) is 0 Å². The van der Waals surface area contributed by atoms with Gasteiger partial charge in [-0.1, -0.05) is 6.07 Å². The van der Waals surface area contributed by atoms with Gasteiger partial charge in [-0.2, -0.15) is 0 Å². The fourth-order valence-corrected chi connectivity index (χ4v) is 2.13. The maximum atomic E-state index is 5.62. The van der Waals surface area contributed by atoms with Gasteiger partial charge in [-0.05, 0) is 49.8 Å². The topological polar surface area (TPSA) is 38.9 Å². The minimum atomic E-state index is 0.396. The molecule has 2 nitrogen and oxygen atoms in total. The Morgan fingerprint density at radius 3 is 2.85 bits per heavy atom.